The lowest BCUT2D eigenvalue weighted by Crippen LogP contribution is -1.99. The largest absolute Gasteiger partial charge is 0.397 e. The molecule has 94 valence electrons. The zero-order valence-electron chi connectivity index (χ0n) is 9.47. The summed E-state index contributed by atoms with van der Waals surface area (Å²) in [4.78, 5) is 4.26. The minimum Gasteiger partial charge on any atom is -0.397 e. The highest BCUT2D eigenvalue weighted by Crippen LogP contribution is 2.33. The molecule has 6 heteroatoms. The summed E-state index contributed by atoms with van der Waals surface area (Å²) in [6.07, 6.45) is 0. The van der Waals surface area contributed by atoms with Crippen LogP contribution in [0.3, 0.4) is 0 Å². The highest BCUT2D eigenvalue weighted by molar-refractivity contribution is 9.10. The van der Waals surface area contributed by atoms with Crippen LogP contribution in [0.15, 0.2) is 28.7 Å². The fraction of sp³-hybridized carbons (Fsp3) is 0.0833. The monoisotopic (exact) mass is 329 g/mol. The SMILES string of the molecule is Cc1nc(Nc2c(Cl)cc(F)cc2Br)ccc1N. The standard InChI is InChI=1S/C12H10BrClFN3/c1-6-10(16)2-3-11(17-6)18-12-8(13)4-7(15)5-9(12)14/h2-5H,16H2,1H3,(H,17,18). The number of benzene rings is 1. The number of nitrogen functional groups attached to an aromatic ring is 1. The van der Waals surface area contributed by atoms with Gasteiger partial charge in [0.15, 0.2) is 0 Å². The predicted molar refractivity (Wildman–Crippen MR) is 75.8 cm³/mol. The zero-order chi connectivity index (χ0) is 13.3. The summed E-state index contributed by atoms with van der Waals surface area (Å²) >= 11 is 9.22. The first-order valence-electron chi connectivity index (χ1n) is 5.12. The van der Waals surface area contributed by atoms with Crippen LogP contribution in [0, 0.1) is 12.7 Å². The second-order valence-electron chi connectivity index (χ2n) is 3.74. The van der Waals surface area contributed by atoms with Crippen LogP contribution in [0.2, 0.25) is 5.02 Å². The number of hydrogen-bond acceptors (Lipinski definition) is 3. The van der Waals surface area contributed by atoms with Gasteiger partial charge in [-0.2, -0.15) is 0 Å². The van der Waals surface area contributed by atoms with E-state index >= 15 is 0 Å². The number of nitrogens with zero attached hydrogens (tertiary/aromatic N) is 1. The maximum Gasteiger partial charge on any atom is 0.130 e. The second kappa shape index (κ2) is 5.12. The average molecular weight is 331 g/mol. The van der Waals surface area contributed by atoms with E-state index in [0.29, 0.717) is 27.4 Å². The molecule has 3 nitrogen and oxygen atoms in total. The number of pyridine rings is 1. The molecule has 2 aromatic rings. The summed E-state index contributed by atoms with van der Waals surface area (Å²) in [6.45, 7) is 1.81. The maximum atomic E-state index is 13.1. The van der Waals surface area contributed by atoms with Crippen LogP contribution in [-0.2, 0) is 0 Å². The van der Waals surface area contributed by atoms with E-state index < -0.39 is 5.82 Å². The molecular weight excluding hydrogens is 321 g/mol. The molecule has 0 radical (unpaired) electrons. The van der Waals surface area contributed by atoms with Gasteiger partial charge in [-0.05, 0) is 47.1 Å². The molecule has 0 unspecified atom stereocenters. The summed E-state index contributed by atoms with van der Waals surface area (Å²) in [5, 5.41) is 3.30. The van der Waals surface area contributed by atoms with Crippen LogP contribution in [0.5, 0.6) is 0 Å². The van der Waals surface area contributed by atoms with Gasteiger partial charge in [0.05, 0.1) is 22.1 Å². The Kier molecular flexibility index (Phi) is 3.73. The zero-order valence-corrected chi connectivity index (χ0v) is 11.8. The summed E-state index contributed by atoms with van der Waals surface area (Å²) in [5.41, 5.74) is 7.58. The lowest BCUT2D eigenvalue weighted by atomic mass is 10.3. The van der Waals surface area contributed by atoms with Crippen molar-refractivity contribution in [1.82, 2.24) is 4.98 Å². The van der Waals surface area contributed by atoms with Gasteiger partial charge in [0.1, 0.15) is 11.6 Å². The first kappa shape index (κ1) is 13.1. The molecule has 1 aromatic heterocycles. The number of halogens is 3. The van der Waals surface area contributed by atoms with E-state index in [4.69, 9.17) is 17.3 Å². The van der Waals surface area contributed by atoms with Crippen molar-refractivity contribution >= 4 is 44.7 Å². The first-order valence-corrected chi connectivity index (χ1v) is 6.29. The third kappa shape index (κ3) is 2.73. The number of anilines is 3. The smallest absolute Gasteiger partial charge is 0.130 e. The number of aromatic nitrogens is 1. The quantitative estimate of drug-likeness (QED) is 0.864. The van der Waals surface area contributed by atoms with Crippen molar-refractivity contribution < 1.29 is 4.39 Å². The second-order valence-corrected chi connectivity index (χ2v) is 5.00. The number of nitrogens with two attached hydrogens (primary N) is 1. The van der Waals surface area contributed by atoms with Crippen molar-refractivity contribution in [3.63, 3.8) is 0 Å². The van der Waals surface area contributed by atoms with E-state index in [1.54, 1.807) is 12.1 Å². The molecule has 0 fully saturated rings. The fourth-order valence-corrected chi connectivity index (χ4v) is 2.33. The van der Waals surface area contributed by atoms with Crippen LogP contribution in [-0.4, -0.2) is 4.98 Å². The van der Waals surface area contributed by atoms with Gasteiger partial charge in [0.2, 0.25) is 0 Å². The van der Waals surface area contributed by atoms with Crippen molar-refractivity contribution in [2.24, 2.45) is 0 Å². The molecule has 0 amide bonds. The molecule has 0 aliphatic rings. The molecule has 0 atom stereocenters. The first-order chi connectivity index (χ1) is 8.47. The van der Waals surface area contributed by atoms with Crippen molar-refractivity contribution in [2.75, 3.05) is 11.1 Å². The normalized spacial score (nSPS) is 10.4. The summed E-state index contributed by atoms with van der Waals surface area (Å²) in [7, 11) is 0. The van der Waals surface area contributed by atoms with Gasteiger partial charge in [-0.3, -0.25) is 0 Å². The van der Waals surface area contributed by atoms with Gasteiger partial charge >= 0.3 is 0 Å². The van der Waals surface area contributed by atoms with Crippen LogP contribution in [0.4, 0.5) is 21.6 Å². The fourth-order valence-electron chi connectivity index (χ4n) is 1.43. The summed E-state index contributed by atoms with van der Waals surface area (Å²) < 4.78 is 13.6. The molecule has 2 rings (SSSR count). The van der Waals surface area contributed by atoms with Gasteiger partial charge in [-0.15, -0.1) is 0 Å². The number of aryl methyl sites for hydroxylation is 1. The van der Waals surface area contributed by atoms with E-state index in [9.17, 15) is 4.39 Å². The van der Waals surface area contributed by atoms with Crippen LogP contribution >= 0.6 is 27.5 Å². The Morgan fingerprint density at radius 1 is 1.39 bits per heavy atom. The van der Waals surface area contributed by atoms with Crippen LogP contribution in [0.25, 0.3) is 0 Å². The van der Waals surface area contributed by atoms with Gasteiger partial charge in [0, 0.05) is 4.47 Å². The minimum atomic E-state index is -0.404. The minimum absolute atomic E-state index is 0.276. The lowest BCUT2D eigenvalue weighted by Gasteiger charge is -2.11. The van der Waals surface area contributed by atoms with Crippen LogP contribution in [0.1, 0.15) is 5.69 Å². The third-order valence-electron chi connectivity index (χ3n) is 2.39. The molecule has 0 aliphatic heterocycles. The summed E-state index contributed by atoms with van der Waals surface area (Å²) in [5.74, 6) is 0.190. The Morgan fingerprint density at radius 3 is 2.72 bits per heavy atom. The maximum absolute atomic E-state index is 13.1. The van der Waals surface area contributed by atoms with Crippen molar-refractivity contribution in [2.45, 2.75) is 6.92 Å². The summed E-state index contributed by atoms with van der Waals surface area (Å²) in [6, 6.07) is 6.04. The average Bonchev–Trinajstić information content (AvgIpc) is 2.28. The Morgan fingerprint density at radius 2 is 2.11 bits per heavy atom. The van der Waals surface area contributed by atoms with Crippen molar-refractivity contribution in [3.05, 3.63) is 45.3 Å². The number of nitrogens with one attached hydrogen (secondary N) is 1. The molecule has 0 bridgehead atoms. The van der Waals surface area contributed by atoms with Gasteiger partial charge < -0.3 is 11.1 Å². The molecule has 0 saturated heterocycles. The van der Waals surface area contributed by atoms with Gasteiger partial charge in [-0.25, -0.2) is 9.37 Å². The highest BCUT2D eigenvalue weighted by Gasteiger charge is 2.09. The molecule has 1 aromatic carbocycles. The third-order valence-corrected chi connectivity index (χ3v) is 3.31. The topological polar surface area (TPSA) is 50.9 Å². The van der Waals surface area contributed by atoms with E-state index in [1.807, 2.05) is 6.92 Å². The molecule has 0 saturated carbocycles. The molecule has 3 N–H and O–H groups in total. The number of hydrogen-bond donors (Lipinski definition) is 2. The van der Waals surface area contributed by atoms with Crippen molar-refractivity contribution in [1.29, 1.82) is 0 Å². The van der Waals surface area contributed by atoms with E-state index in [1.165, 1.54) is 12.1 Å². The molecule has 18 heavy (non-hydrogen) atoms. The van der Waals surface area contributed by atoms with E-state index in [0.717, 1.165) is 0 Å². The van der Waals surface area contributed by atoms with Gasteiger partial charge in [-0.1, -0.05) is 11.6 Å². The Bertz CT molecular complexity index is 581. The highest BCUT2D eigenvalue weighted by atomic mass is 79.9. The molecule has 1 heterocycles. The van der Waals surface area contributed by atoms with E-state index in [2.05, 4.69) is 26.2 Å². The van der Waals surface area contributed by atoms with Gasteiger partial charge in [0.25, 0.3) is 0 Å². The Hall–Kier alpha value is -1.33. The Balaban J connectivity index is 2.37. The molecular formula is C12H10BrClFN3. The molecule has 0 aliphatic carbocycles. The van der Waals surface area contributed by atoms with Crippen molar-refractivity contribution in [3.8, 4) is 0 Å². The predicted octanol–water partition coefficient (Wildman–Crippen LogP) is 4.27. The number of rotatable bonds is 2. The lowest BCUT2D eigenvalue weighted by molar-refractivity contribution is 0.627. The molecule has 0 spiro atoms. The Labute approximate surface area is 117 Å². The van der Waals surface area contributed by atoms with Crippen LogP contribution < -0.4 is 11.1 Å². The van der Waals surface area contributed by atoms with E-state index in [-0.39, 0.29) is 5.02 Å².